The van der Waals surface area contributed by atoms with Gasteiger partial charge in [-0.1, -0.05) is 6.07 Å². The molecular weight excluding hydrogens is 328 g/mol. The van der Waals surface area contributed by atoms with Crippen molar-refractivity contribution in [3.63, 3.8) is 0 Å². The Morgan fingerprint density at radius 3 is 2.88 bits per heavy atom. The van der Waals surface area contributed by atoms with Crippen LogP contribution in [-0.2, 0) is 14.8 Å². The van der Waals surface area contributed by atoms with Crippen LogP contribution in [0.15, 0.2) is 34.2 Å². The van der Waals surface area contributed by atoms with Crippen LogP contribution in [0.1, 0.15) is 25.7 Å². The molecule has 0 aliphatic carbocycles. The molecule has 0 aromatic heterocycles. The number of aliphatic imine (C=N–C) groups is 1. The number of nitrogens with zero attached hydrogens (tertiary/aromatic N) is 1. The second-order valence-corrected chi connectivity index (χ2v) is 7.78. The molecular formula is C16H22N4O3S. The molecule has 7 nitrogen and oxygen atoms in total. The van der Waals surface area contributed by atoms with Gasteiger partial charge in [0.25, 0.3) is 10.0 Å². The third kappa shape index (κ3) is 4.12. The number of carbonyl (C=O) groups is 1. The molecule has 3 rings (SSSR count). The summed E-state index contributed by atoms with van der Waals surface area (Å²) in [7, 11) is -3.67. The normalized spacial score (nSPS) is 21.2. The van der Waals surface area contributed by atoms with E-state index >= 15 is 0 Å². The fourth-order valence-electron chi connectivity index (χ4n) is 2.90. The number of rotatable bonds is 4. The van der Waals surface area contributed by atoms with Gasteiger partial charge in [-0.15, -0.1) is 0 Å². The van der Waals surface area contributed by atoms with Crippen molar-refractivity contribution < 1.29 is 13.2 Å². The van der Waals surface area contributed by atoms with E-state index in [1.807, 2.05) is 0 Å². The van der Waals surface area contributed by atoms with Gasteiger partial charge in [0, 0.05) is 25.2 Å². The van der Waals surface area contributed by atoms with Gasteiger partial charge in [-0.3, -0.25) is 14.5 Å². The first-order chi connectivity index (χ1) is 11.5. The molecule has 2 heterocycles. The number of hydrogen-bond acceptors (Lipinski definition) is 5. The zero-order valence-corrected chi connectivity index (χ0v) is 14.2. The van der Waals surface area contributed by atoms with Crippen LogP contribution in [0.2, 0.25) is 0 Å². The molecule has 1 saturated heterocycles. The minimum absolute atomic E-state index is 0.0787. The highest BCUT2D eigenvalue weighted by Crippen LogP contribution is 2.18. The van der Waals surface area contributed by atoms with Crippen molar-refractivity contribution in [3.05, 3.63) is 24.3 Å². The second kappa shape index (κ2) is 7.31. The number of sulfonamides is 1. The first-order valence-electron chi connectivity index (χ1n) is 8.22. The molecule has 1 aromatic rings. The zero-order valence-electron chi connectivity index (χ0n) is 13.4. The van der Waals surface area contributed by atoms with Crippen molar-refractivity contribution in [2.45, 2.75) is 30.6 Å². The van der Waals surface area contributed by atoms with E-state index in [0.717, 1.165) is 25.8 Å². The van der Waals surface area contributed by atoms with Crippen LogP contribution in [0.25, 0.3) is 0 Å². The lowest BCUT2D eigenvalue weighted by molar-refractivity contribution is -0.120. The monoisotopic (exact) mass is 350 g/mol. The van der Waals surface area contributed by atoms with Gasteiger partial charge in [0.05, 0.1) is 10.8 Å². The van der Waals surface area contributed by atoms with Crippen molar-refractivity contribution in [2.24, 2.45) is 10.9 Å². The smallest absolute Gasteiger partial charge is 0.262 e. The Kier molecular flexibility index (Phi) is 5.15. The molecule has 0 radical (unpaired) electrons. The van der Waals surface area contributed by atoms with Crippen LogP contribution in [0, 0.1) is 5.92 Å². The van der Waals surface area contributed by atoms with E-state index in [9.17, 15) is 13.2 Å². The molecule has 1 amide bonds. The van der Waals surface area contributed by atoms with Gasteiger partial charge in [0.2, 0.25) is 5.91 Å². The van der Waals surface area contributed by atoms with Gasteiger partial charge in [0.1, 0.15) is 5.84 Å². The summed E-state index contributed by atoms with van der Waals surface area (Å²) in [6, 6.07) is 6.31. The summed E-state index contributed by atoms with van der Waals surface area (Å²) >= 11 is 0. The summed E-state index contributed by atoms with van der Waals surface area (Å²) < 4.78 is 27.3. The largest absolute Gasteiger partial charge is 0.326 e. The Morgan fingerprint density at radius 2 is 2.17 bits per heavy atom. The molecule has 2 aliphatic heterocycles. The maximum absolute atomic E-state index is 12.4. The summed E-state index contributed by atoms with van der Waals surface area (Å²) in [6.07, 6.45) is 3.32. The predicted octanol–water partition coefficient (Wildman–Crippen LogP) is 1.10. The van der Waals surface area contributed by atoms with Crippen LogP contribution in [-0.4, -0.2) is 39.8 Å². The van der Waals surface area contributed by atoms with E-state index in [-0.39, 0.29) is 16.7 Å². The van der Waals surface area contributed by atoms with Crippen LogP contribution in [0.5, 0.6) is 0 Å². The quantitative estimate of drug-likeness (QED) is 0.757. The minimum atomic E-state index is -3.67. The van der Waals surface area contributed by atoms with E-state index in [1.54, 1.807) is 12.1 Å². The summed E-state index contributed by atoms with van der Waals surface area (Å²) in [4.78, 5) is 16.5. The van der Waals surface area contributed by atoms with E-state index in [2.05, 4.69) is 20.3 Å². The number of carbonyl (C=O) groups excluding carboxylic acids is 1. The minimum Gasteiger partial charge on any atom is -0.326 e. The zero-order chi connectivity index (χ0) is 17.0. The van der Waals surface area contributed by atoms with E-state index in [1.165, 1.54) is 12.1 Å². The molecule has 0 spiro atoms. The molecule has 0 saturated carbocycles. The Balaban J connectivity index is 1.70. The summed E-state index contributed by atoms with van der Waals surface area (Å²) in [5, 5.41) is 6.01. The number of nitrogens with one attached hydrogen (secondary N) is 3. The Morgan fingerprint density at radius 1 is 1.29 bits per heavy atom. The molecule has 24 heavy (non-hydrogen) atoms. The Labute approximate surface area is 142 Å². The maximum Gasteiger partial charge on any atom is 0.262 e. The molecule has 8 heteroatoms. The van der Waals surface area contributed by atoms with Crippen molar-refractivity contribution in [1.29, 1.82) is 0 Å². The first-order valence-corrected chi connectivity index (χ1v) is 9.71. The molecule has 1 fully saturated rings. The molecule has 1 unspecified atom stereocenters. The van der Waals surface area contributed by atoms with E-state index in [0.29, 0.717) is 31.0 Å². The lowest BCUT2D eigenvalue weighted by Gasteiger charge is -2.22. The standard InChI is InChI=1S/C16H22N4O3S/c21-16(12-4-2-8-17-11-12)19-13-5-1-6-14(10-13)24(22,23)20-15-7-3-9-18-15/h1,5-6,10,12,17H,2-4,7-9,11H2,(H,18,20)(H,19,21). The lowest BCUT2D eigenvalue weighted by Crippen LogP contribution is -2.37. The Hall–Kier alpha value is -1.93. The summed E-state index contributed by atoms with van der Waals surface area (Å²) in [6.45, 7) is 2.25. The van der Waals surface area contributed by atoms with Crippen molar-refractivity contribution in [1.82, 2.24) is 10.0 Å². The lowest BCUT2D eigenvalue weighted by atomic mass is 9.99. The fraction of sp³-hybridized carbons (Fsp3) is 0.500. The topological polar surface area (TPSA) is 99.7 Å². The van der Waals surface area contributed by atoms with Gasteiger partial charge >= 0.3 is 0 Å². The highest BCUT2D eigenvalue weighted by molar-refractivity contribution is 7.90. The average molecular weight is 350 g/mol. The first kappa shape index (κ1) is 16.9. The van der Waals surface area contributed by atoms with Gasteiger partial charge < -0.3 is 10.6 Å². The number of amidine groups is 1. The number of anilines is 1. The van der Waals surface area contributed by atoms with Crippen LogP contribution in [0.3, 0.4) is 0 Å². The van der Waals surface area contributed by atoms with Crippen molar-refractivity contribution in [3.8, 4) is 0 Å². The van der Waals surface area contributed by atoms with Gasteiger partial charge in [-0.2, -0.15) is 0 Å². The highest BCUT2D eigenvalue weighted by atomic mass is 32.2. The maximum atomic E-state index is 12.4. The third-order valence-corrected chi connectivity index (χ3v) is 5.58. The van der Waals surface area contributed by atoms with Crippen molar-refractivity contribution in [2.75, 3.05) is 25.0 Å². The SMILES string of the molecule is O=C(Nc1cccc(S(=O)(=O)NC2=NCCC2)c1)C1CCCNC1. The number of amides is 1. The van der Waals surface area contributed by atoms with Gasteiger partial charge in [0.15, 0.2) is 0 Å². The second-order valence-electron chi connectivity index (χ2n) is 6.10. The highest BCUT2D eigenvalue weighted by Gasteiger charge is 2.22. The van der Waals surface area contributed by atoms with Crippen molar-refractivity contribution >= 4 is 27.5 Å². The molecule has 3 N–H and O–H groups in total. The third-order valence-electron chi connectivity index (χ3n) is 4.21. The number of benzene rings is 1. The molecule has 0 bridgehead atoms. The van der Waals surface area contributed by atoms with Gasteiger partial charge in [-0.05, 0) is 44.0 Å². The Bertz CT molecular complexity index is 739. The summed E-state index contributed by atoms with van der Waals surface area (Å²) in [5.74, 6) is 0.340. The molecule has 1 aromatic carbocycles. The fourth-order valence-corrected chi connectivity index (χ4v) is 4.03. The predicted molar refractivity (Wildman–Crippen MR) is 92.5 cm³/mol. The molecule has 2 aliphatic rings. The van der Waals surface area contributed by atoms with Crippen LogP contribution >= 0.6 is 0 Å². The molecule has 1 atom stereocenters. The van der Waals surface area contributed by atoms with Crippen LogP contribution < -0.4 is 15.4 Å². The van der Waals surface area contributed by atoms with Crippen LogP contribution in [0.4, 0.5) is 5.69 Å². The van der Waals surface area contributed by atoms with Gasteiger partial charge in [-0.25, -0.2) is 8.42 Å². The average Bonchev–Trinajstić information content (AvgIpc) is 3.08. The number of hydrogen-bond donors (Lipinski definition) is 3. The molecule has 130 valence electrons. The van der Waals surface area contributed by atoms with E-state index in [4.69, 9.17) is 0 Å². The van der Waals surface area contributed by atoms with E-state index < -0.39 is 10.0 Å². The number of piperidine rings is 1. The summed E-state index contributed by atoms with van der Waals surface area (Å²) in [5.41, 5.74) is 0.488.